The van der Waals surface area contributed by atoms with E-state index in [0.29, 0.717) is 18.3 Å². The van der Waals surface area contributed by atoms with Crippen molar-refractivity contribution in [3.05, 3.63) is 54.1 Å². The summed E-state index contributed by atoms with van der Waals surface area (Å²) in [4.78, 5) is 6.68. The number of nitrogens with zero attached hydrogens (tertiary/aromatic N) is 2. The van der Waals surface area contributed by atoms with Crippen LogP contribution in [-0.4, -0.2) is 51.8 Å². The molecule has 140 valence electrons. The van der Waals surface area contributed by atoms with Crippen molar-refractivity contribution in [2.24, 2.45) is 10.7 Å². The van der Waals surface area contributed by atoms with Gasteiger partial charge in [0.25, 0.3) is 0 Å². The third-order valence-corrected chi connectivity index (χ3v) is 4.19. The van der Waals surface area contributed by atoms with E-state index >= 15 is 0 Å². The Balaban J connectivity index is 2.06. The normalized spacial score (nSPS) is 12.7. The number of anilines is 1. The third kappa shape index (κ3) is 5.67. The lowest BCUT2D eigenvalue weighted by atomic mass is 10.1. The largest absolute Gasteiger partial charge is 0.497 e. The minimum Gasteiger partial charge on any atom is -0.497 e. The molecular formula is C20H28N4O2. The minimum absolute atomic E-state index is 0.255. The van der Waals surface area contributed by atoms with Gasteiger partial charge in [-0.05, 0) is 38.2 Å². The maximum absolute atomic E-state index is 6.09. The van der Waals surface area contributed by atoms with Crippen LogP contribution in [0.3, 0.4) is 0 Å². The van der Waals surface area contributed by atoms with Gasteiger partial charge in [-0.15, -0.1) is 0 Å². The summed E-state index contributed by atoms with van der Waals surface area (Å²) in [6.45, 7) is 0.590. The van der Waals surface area contributed by atoms with Crippen molar-refractivity contribution >= 4 is 11.6 Å². The van der Waals surface area contributed by atoms with Gasteiger partial charge in [0.05, 0.1) is 26.5 Å². The first-order valence-corrected chi connectivity index (χ1v) is 8.52. The molecule has 0 spiro atoms. The number of aliphatic imine (C=N–C) groups is 1. The molecule has 0 aliphatic carbocycles. The van der Waals surface area contributed by atoms with Crippen LogP contribution in [0.1, 0.15) is 5.56 Å². The van der Waals surface area contributed by atoms with Crippen molar-refractivity contribution < 1.29 is 9.47 Å². The third-order valence-electron chi connectivity index (χ3n) is 4.19. The topological polar surface area (TPSA) is 72.1 Å². The van der Waals surface area contributed by atoms with Gasteiger partial charge in [-0.2, -0.15) is 0 Å². The van der Waals surface area contributed by atoms with Gasteiger partial charge in [-0.25, -0.2) is 0 Å². The standard InChI is InChI=1S/C20H28N4O2/c1-24(2)16(12-15-8-6-5-7-9-15)14-22-20(21)23-18-13-17(25-3)10-11-19(18)26-4/h5-11,13,16H,12,14H2,1-4H3,(H3,21,22,23). The van der Waals surface area contributed by atoms with Crippen LogP contribution in [0.2, 0.25) is 0 Å². The van der Waals surface area contributed by atoms with Crippen LogP contribution < -0.4 is 20.5 Å². The maximum atomic E-state index is 6.09. The second-order valence-corrected chi connectivity index (χ2v) is 6.22. The van der Waals surface area contributed by atoms with Crippen LogP contribution in [-0.2, 0) is 6.42 Å². The van der Waals surface area contributed by atoms with Crippen molar-refractivity contribution in [1.29, 1.82) is 0 Å². The minimum atomic E-state index is 0.255. The first-order valence-electron chi connectivity index (χ1n) is 8.52. The van der Waals surface area contributed by atoms with Gasteiger partial charge in [-0.3, -0.25) is 4.99 Å². The smallest absolute Gasteiger partial charge is 0.193 e. The molecule has 0 fully saturated rings. The summed E-state index contributed by atoms with van der Waals surface area (Å²) in [6, 6.07) is 16.1. The summed E-state index contributed by atoms with van der Waals surface area (Å²) in [5.74, 6) is 1.74. The Morgan fingerprint density at radius 2 is 1.85 bits per heavy atom. The van der Waals surface area contributed by atoms with E-state index in [-0.39, 0.29) is 6.04 Å². The molecule has 6 nitrogen and oxygen atoms in total. The monoisotopic (exact) mass is 356 g/mol. The Morgan fingerprint density at radius 3 is 2.46 bits per heavy atom. The van der Waals surface area contributed by atoms with Gasteiger partial charge >= 0.3 is 0 Å². The molecule has 0 radical (unpaired) electrons. The fourth-order valence-electron chi connectivity index (χ4n) is 2.59. The van der Waals surface area contributed by atoms with Crippen LogP contribution in [0.4, 0.5) is 5.69 Å². The molecule has 0 saturated carbocycles. The first kappa shape index (κ1) is 19.6. The number of likely N-dealkylation sites (N-methyl/N-ethyl adjacent to an activating group) is 1. The molecule has 3 N–H and O–H groups in total. The highest BCUT2D eigenvalue weighted by Gasteiger charge is 2.12. The Labute approximate surface area is 155 Å². The Bertz CT molecular complexity index is 717. The lowest BCUT2D eigenvalue weighted by Crippen LogP contribution is -2.34. The van der Waals surface area contributed by atoms with Gasteiger partial charge < -0.3 is 25.4 Å². The zero-order chi connectivity index (χ0) is 18.9. The predicted molar refractivity (Wildman–Crippen MR) is 107 cm³/mol. The van der Waals surface area contributed by atoms with Gasteiger partial charge in [0.2, 0.25) is 0 Å². The number of nitrogens with two attached hydrogens (primary N) is 1. The van der Waals surface area contributed by atoms with Crippen molar-refractivity contribution in [3.63, 3.8) is 0 Å². The number of hydrogen-bond acceptors (Lipinski definition) is 4. The lowest BCUT2D eigenvalue weighted by molar-refractivity contribution is 0.298. The summed E-state index contributed by atoms with van der Waals surface area (Å²) in [5, 5.41) is 3.10. The molecule has 0 aromatic heterocycles. The van der Waals surface area contributed by atoms with Crippen molar-refractivity contribution in [2.75, 3.05) is 40.2 Å². The van der Waals surface area contributed by atoms with Gasteiger partial charge in [-0.1, -0.05) is 30.3 Å². The van der Waals surface area contributed by atoms with Gasteiger partial charge in [0.15, 0.2) is 5.96 Å². The number of nitrogens with one attached hydrogen (secondary N) is 1. The van der Waals surface area contributed by atoms with Crippen molar-refractivity contribution in [3.8, 4) is 11.5 Å². The number of methoxy groups -OCH3 is 2. The quantitative estimate of drug-likeness (QED) is 0.562. The molecule has 1 atom stereocenters. The van der Waals surface area contributed by atoms with E-state index in [9.17, 15) is 0 Å². The maximum Gasteiger partial charge on any atom is 0.193 e. The highest BCUT2D eigenvalue weighted by Crippen LogP contribution is 2.28. The second kappa shape index (κ2) is 9.68. The van der Waals surface area contributed by atoms with Crippen LogP contribution in [0.25, 0.3) is 0 Å². The fraction of sp³-hybridized carbons (Fsp3) is 0.350. The van der Waals surface area contributed by atoms with E-state index < -0.39 is 0 Å². The van der Waals surface area contributed by atoms with E-state index in [1.807, 2.05) is 24.3 Å². The molecule has 0 saturated heterocycles. The Morgan fingerprint density at radius 1 is 1.12 bits per heavy atom. The molecular weight excluding hydrogens is 328 g/mol. The highest BCUT2D eigenvalue weighted by molar-refractivity contribution is 5.94. The number of ether oxygens (including phenoxy) is 2. The van der Waals surface area contributed by atoms with Crippen LogP contribution in [0.5, 0.6) is 11.5 Å². The van der Waals surface area contributed by atoms with Crippen LogP contribution >= 0.6 is 0 Å². The van der Waals surface area contributed by atoms with E-state index in [4.69, 9.17) is 15.2 Å². The average molecular weight is 356 g/mol. The van der Waals surface area contributed by atoms with Gasteiger partial charge in [0.1, 0.15) is 11.5 Å². The molecule has 0 aliphatic rings. The summed E-state index contributed by atoms with van der Waals surface area (Å²) in [6.07, 6.45) is 0.910. The number of hydrogen-bond donors (Lipinski definition) is 2. The van der Waals surface area contributed by atoms with E-state index in [1.54, 1.807) is 14.2 Å². The first-order chi connectivity index (χ1) is 12.5. The molecule has 1 unspecified atom stereocenters. The number of rotatable bonds is 8. The molecule has 2 rings (SSSR count). The number of benzene rings is 2. The molecule has 2 aromatic rings. The summed E-state index contributed by atoms with van der Waals surface area (Å²) in [5.41, 5.74) is 8.09. The Kier molecular flexibility index (Phi) is 7.29. The highest BCUT2D eigenvalue weighted by atomic mass is 16.5. The van der Waals surface area contributed by atoms with Crippen LogP contribution in [0.15, 0.2) is 53.5 Å². The van der Waals surface area contributed by atoms with Crippen LogP contribution in [0, 0.1) is 0 Å². The lowest BCUT2D eigenvalue weighted by Gasteiger charge is -2.23. The second-order valence-electron chi connectivity index (χ2n) is 6.22. The van der Waals surface area contributed by atoms with E-state index in [2.05, 4.69) is 53.6 Å². The summed E-state index contributed by atoms with van der Waals surface area (Å²) >= 11 is 0. The zero-order valence-electron chi connectivity index (χ0n) is 15.9. The summed E-state index contributed by atoms with van der Waals surface area (Å²) in [7, 11) is 7.34. The average Bonchev–Trinajstić information content (AvgIpc) is 2.65. The van der Waals surface area contributed by atoms with Crippen molar-refractivity contribution in [1.82, 2.24) is 4.90 Å². The fourth-order valence-corrected chi connectivity index (χ4v) is 2.59. The van der Waals surface area contributed by atoms with Crippen molar-refractivity contribution in [2.45, 2.75) is 12.5 Å². The SMILES string of the molecule is COc1ccc(OC)c(NC(N)=NCC(Cc2ccccc2)N(C)C)c1. The summed E-state index contributed by atoms with van der Waals surface area (Å²) < 4.78 is 10.6. The molecule has 0 amide bonds. The predicted octanol–water partition coefficient (Wildman–Crippen LogP) is 2.60. The van der Waals surface area contributed by atoms with E-state index in [1.165, 1.54) is 5.56 Å². The molecule has 26 heavy (non-hydrogen) atoms. The van der Waals surface area contributed by atoms with E-state index in [0.717, 1.165) is 17.9 Å². The molecule has 0 heterocycles. The molecule has 2 aromatic carbocycles. The zero-order valence-corrected chi connectivity index (χ0v) is 15.9. The number of guanidine groups is 1. The molecule has 0 bridgehead atoms. The molecule has 0 aliphatic heterocycles. The Hall–Kier alpha value is -2.73. The molecule has 6 heteroatoms. The van der Waals surface area contributed by atoms with Gasteiger partial charge in [0, 0.05) is 12.1 Å².